The van der Waals surface area contributed by atoms with Crippen LogP contribution in [0.4, 0.5) is 0 Å². The molecular weight excluding hydrogens is 389 g/mol. The van der Waals surface area contributed by atoms with E-state index in [-0.39, 0.29) is 23.8 Å². The van der Waals surface area contributed by atoms with E-state index in [0.29, 0.717) is 12.0 Å². The van der Waals surface area contributed by atoms with Crippen molar-refractivity contribution in [1.29, 1.82) is 0 Å². The van der Waals surface area contributed by atoms with Crippen LogP contribution in [0.2, 0.25) is 10.0 Å². The molecule has 2 aromatic carbocycles. The lowest BCUT2D eigenvalue weighted by atomic mass is 9.75. The van der Waals surface area contributed by atoms with E-state index in [1.165, 1.54) is 12.0 Å². The largest absolute Gasteiger partial charge is 0.332 e. The van der Waals surface area contributed by atoms with Crippen molar-refractivity contribution in [3.05, 3.63) is 69.7 Å². The number of rotatable bonds is 3. The highest BCUT2D eigenvalue weighted by Gasteiger charge is 2.45. The Morgan fingerprint density at radius 2 is 1.64 bits per heavy atom. The van der Waals surface area contributed by atoms with Gasteiger partial charge in [-0.25, -0.2) is 0 Å². The van der Waals surface area contributed by atoms with Gasteiger partial charge in [0.05, 0.1) is 6.04 Å². The summed E-state index contributed by atoms with van der Waals surface area (Å²) in [5.74, 6) is 1.20. The summed E-state index contributed by atoms with van der Waals surface area (Å²) in [5.41, 5.74) is 2.37. The lowest BCUT2D eigenvalue weighted by Gasteiger charge is -2.47. The molecule has 0 spiro atoms. The number of likely N-dealkylation sites (tertiary alicyclic amines) is 1. The molecule has 0 radical (unpaired) electrons. The van der Waals surface area contributed by atoms with E-state index < -0.39 is 0 Å². The van der Waals surface area contributed by atoms with Crippen molar-refractivity contribution in [3.8, 4) is 0 Å². The number of nitrogens with zero attached hydrogens (tertiary/aromatic N) is 1. The van der Waals surface area contributed by atoms with Gasteiger partial charge in [0.15, 0.2) is 0 Å². The van der Waals surface area contributed by atoms with Gasteiger partial charge in [-0.3, -0.25) is 4.79 Å². The maximum atomic E-state index is 13.4. The monoisotopic (exact) mass is 415 g/mol. The third-order valence-corrected chi connectivity index (χ3v) is 7.00. The fraction of sp³-hybridized carbons (Fsp3) is 0.458. The summed E-state index contributed by atoms with van der Waals surface area (Å²) in [6.07, 6.45) is 4.21. The molecule has 1 aliphatic heterocycles. The Kier molecular flexibility index (Phi) is 5.71. The maximum Gasteiger partial charge on any atom is 0.226 e. The fourth-order valence-corrected chi connectivity index (χ4v) is 5.47. The average molecular weight is 416 g/mol. The molecule has 5 atom stereocenters. The molecule has 1 saturated heterocycles. The van der Waals surface area contributed by atoms with Gasteiger partial charge in [0.1, 0.15) is 0 Å². The normalized spacial score (nSPS) is 30.6. The molecule has 1 heterocycles. The smallest absolute Gasteiger partial charge is 0.226 e. The van der Waals surface area contributed by atoms with Crippen LogP contribution in [-0.4, -0.2) is 16.8 Å². The molecule has 2 aliphatic rings. The van der Waals surface area contributed by atoms with E-state index in [9.17, 15) is 4.79 Å². The maximum absolute atomic E-state index is 13.4. The lowest BCUT2D eigenvalue weighted by molar-refractivity contribution is -0.145. The first-order valence-electron chi connectivity index (χ1n) is 10.3. The summed E-state index contributed by atoms with van der Waals surface area (Å²) >= 11 is 12.5. The third kappa shape index (κ3) is 3.82. The molecule has 1 amide bonds. The van der Waals surface area contributed by atoms with Crippen molar-refractivity contribution in [2.45, 2.75) is 57.5 Å². The number of carbonyl (C=O) groups is 1. The van der Waals surface area contributed by atoms with Crippen molar-refractivity contribution < 1.29 is 4.79 Å². The zero-order chi connectivity index (χ0) is 19.8. The van der Waals surface area contributed by atoms with Crippen molar-refractivity contribution in [1.82, 2.24) is 4.90 Å². The molecule has 1 saturated carbocycles. The van der Waals surface area contributed by atoms with E-state index in [1.54, 1.807) is 0 Å². The number of piperidine rings is 1. The predicted octanol–water partition coefficient (Wildman–Crippen LogP) is 6.88. The highest BCUT2D eigenvalue weighted by atomic mass is 35.5. The summed E-state index contributed by atoms with van der Waals surface area (Å²) in [6, 6.07) is 16.5. The van der Waals surface area contributed by atoms with E-state index in [4.69, 9.17) is 23.2 Å². The van der Waals surface area contributed by atoms with Crippen molar-refractivity contribution in [3.63, 3.8) is 0 Å². The Morgan fingerprint density at radius 3 is 2.29 bits per heavy atom. The van der Waals surface area contributed by atoms with Gasteiger partial charge in [-0.2, -0.15) is 0 Å². The Labute approximate surface area is 177 Å². The molecule has 2 unspecified atom stereocenters. The van der Waals surface area contributed by atoms with Crippen molar-refractivity contribution in [2.24, 2.45) is 11.8 Å². The molecule has 2 aromatic rings. The number of halogens is 2. The minimum atomic E-state index is 0.0171. The number of benzene rings is 2. The van der Waals surface area contributed by atoms with E-state index in [2.05, 4.69) is 43.0 Å². The second kappa shape index (κ2) is 8.08. The number of amides is 1. The summed E-state index contributed by atoms with van der Waals surface area (Å²) < 4.78 is 0. The molecule has 2 fully saturated rings. The fourth-order valence-electron chi connectivity index (χ4n) is 5.14. The standard InChI is InChI=1S/C24H27Cl2NO/c1-15-6-11-21(12-15)27-23(17-7-9-19(25)10-8-17)22(13-16(2)24(27)28)18-4-3-5-20(26)14-18/h3-5,7-10,14-16,21-23H,6,11-13H2,1-2H3/t15-,16?,21?,22-,23-/m1/s1. The van der Waals surface area contributed by atoms with Gasteiger partial charge in [0.2, 0.25) is 5.91 Å². The van der Waals surface area contributed by atoms with E-state index in [0.717, 1.165) is 34.9 Å². The van der Waals surface area contributed by atoms with Crippen molar-refractivity contribution in [2.75, 3.05) is 0 Å². The van der Waals surface area contributed by atoms with Gasteiger partial charge in [0.25, 0.3) is 0 Å². The van der Waals surface area contributed by atoms with E-state index >= 15 is 0 Å². The Balaban J connectivity index is 1.81. The molecule has 2 nitrogen and oxygen atoms in total. The summed E-state index contributed by atoms with van der Waals surface area (Å²) in [5, 5.41) is 1.47. The van der Waals surface area contributed by atoms with Gasteiger partial charge < -0.3 is 4.90 Å². The highest BCUT2D eigenvalue weighted by Crippen LogP contribution is 2.48. The Hall–Kier alpha value is -1.51. The second-order valence-corrected chi connectivity index (χ2v) is 9.49. The number of hydrogen-bond donors (Lipinski definition) is 0. The topological polar surface area (TPSA) is 20.3 Å². The number of hydrogen-bond acceptors (Lipinski definition) is 1. The van der Waals surface area contributed by atoms with Crippen LogP contribution in [0.3, 0.4) is 0 Å². The van der Waals surface area contributed by atoms with Gasteiger partial charge in [0, 0.05) is 27.9 Å². The summed E-state index contributed by atoms with van der Waals surface area (Å²) in [7, 11) is 0. The average Bonchev–Trinajstić information content (AvgIpc) is 3.10. The first-order valence-corrected chi connectivity index (χ1v) is 11.0. The lowest BCUT2D eigenvalue weighted by Crippen LogP contribution is -2.50. The Morgan fingerprint density at radius 1 is 0.893 bits per heavy atom. The van der Waals surface area contributed by atoms with Crippen LogP contribution in [0.15, 0.2) is 48.5 Å². The van der Waals surface area contributed by atoms with Crippen LogP contribution < -0.4 is 0 Å². The van der Waals surface area contributed by atoms with Crippen LogP contribution in [0.1, 0.15) is 62.6 Å². The SMILES string of the molecule is CC1C[C@H](c2cccc(Cl)c2)[C@@H](c2ccc(Cl)cc2)N(C2CC[C@@H](C)C2)C1=O. The van der Waals surface area contributed by atoms with Crippen LogP contribution in [0.25, 0.3) is 0 Å². The van der Waals surface area contributed by atoms with Crippen molar-refractivity contribution >= 4 is 29.1 Å². The first kappa shape index (κ1) is 19.8. The summed E-state index contributed by atoms with van der Waals surface area (Å²) in [4.78, 5) is 15.6. The van der Waals surface area contributed by atoms with Crippen LogP contribution in [0, 0.1) is 11.8 Å². The first-order chi connectivity index (χ1) is 13.4. The quantitative estimate of drug-likeness (QED) is 0.534. The molecule has 0 aromatic heterocycles. The number of carbonyl (C=O) groups excluding carboxylic acids is 1. The molecule has 28 heavy (non-hydrogen) atoms. The second-order valence-electron chi connectivity index (χ2n) is 8.61. The highest BCUT2D eigenvalue weighted by molar-refractivity contribution is 6.30. The van der Waals surface area contributed by atoms with E-state index in [1.807, 2.05) is 24.3 Å². The molecular formula is C24H27Cl2NO. The van der Waals surface area contributed by atoms with Gasteiger partial charge in [-0.05, 0) is 67.0 Å². The molecule has 4 rings (SSSR count). The summed E-state index contributed by atoms with van der Waals surface area (Å²) in [6.45, 7) is 4.37. The van der Waals surface area contributed by atoms with Crippen LogP contribution in [-0.2, 0) is 4.79 Å². The molecule has 1 aliphatic carbocycles. The zero-order valence-corrected chi connectivity index (χ0v) is 18.0. The predicted molar refractivity (Wildman–Crippen MR) is 116 cm³/mol. The Bertz CT molecular complexity index is 850. The molecule has 0 N–H and O–H groups in total. The van der Waals surface area contributed by atoms with Crippen LogP contribution >= 0.6 is 23.2 Å². The third-order valence-electron chi connectivity index (χ3n) is 6.51. The van der Waals surface area contributed by atoms with Gasteiger partial charge >= 0.3 is 0 Å². The minimum Gasteiger partial charge on any atom is -0.332 e. The van der Waals surface area contributed by atoms with Gasteiger partial charge in [-0.15, -0.1) is 0 Å². The zero-order valence-electron chi connectivity index (χ0n) is 16.4. The minimum absolute atomic E-state index is 0.0171. The molecule has 4 heteroatoms. The molecule has 0 bridgehead atoms. The van der Waals surface area contributed by atoms with Gasteiger partial charge in [-0.1, -0.05) is 61.3 Å². The van der Waals surface area contributed by atoms with Crippen LogP contribution in [0.5, 0.6) is 0 Å². The molecule has 148 valence electrons.